The van der Waals surface area contributed by atoms with E-state index in [0.29, 0.717) is 0 Å². The summed E-state index contributed by atoms with van der Waals surface area (Å²) in [7, 11) is 0. The quantitative estimate of drug-likeness (QED) is 0.159. The Bertz CT molecular complexity index is 3660. The molecule has 1 aliphatic carbocycles. The number of anilines is 2. The monoisotopic (exact) mass is 836 g/mol. The number of ether oxygens (including phenoxy) is 1. The molecular weight excluding hydrogens is 797 g/mol. The maximum Gasteiger partial charge on any atom is 0.128 e. The third-order valence-electron chi connectivity index (χ3n) is 13.2. The fraction of sp³-hybridized carbons (Fsp3) is 0.0333. The van der Waals surface area contributed by atoms with Crippen LogP contribution in [0.15, 0.2) is 231 Å². The van der Waals surface area contributed by atoms with Crippen molar-refractivity contribution in [2.75, 3.05) is 4.90 Å². The van der Waals surface area contributed by atoms with Gasteiger partial charge in [0, 0.05) is 53.9 Å². The van der Waals surface area contributed by atoms with Crippen molar-refractivity contribution >= 4 is 70.3 Å². The first kappa shape index (κ1) is 36.7. The number of allylic oxidation sites excluding steroid dienone is 2. The Hall–Kier alpha value is -7.92. The molecule has 0 radical (unpaired) electrons. The lowest BCUT2D eigenvalue weighted by atomic mass is 9.86. The summed E-state index contributed by atoms with van der Waals surface area (Å²) < 4.78 is 12.0. The topological polar surface area (TPSA) is 17.4 Å². The van der Waals surface area contributed by atoms with E-state index in [2.05, 4.69) is 240 Å². The average molecular weight is 837 g/mol. The molecule has 9 aromatic carbocycles. The van der Waals surface area contributed by atoms with Gasteiger partial charge in [-0.05, 0) is 124 Å². The predicted octanol–water partition coefficient (Wildman–Crippen LogP) is 16.5. The van der Waals surface area contributed by atoms with Crippen LogP contribution in [-0.2, 0) is 0 Å². The Labute approximate surface area is 375 Å². The van der Waals surface area contributed by atoms with E-state index in [1.807, 2.05) is 11.3 Å². The van der Waals surface area contributed by atoms with E-state index in [1.54, 1.807) is 0 Å². The number of thiophene rings is 1. The molecule has 1 aliphatic heterocycles. The zero-order valence-electron chi connectivity index (χ0n) is 34.8. The Balaban J connectivity index is 0.924. The minimum Gasteiger partial charge on any atom is -0.457 e. The molecule has 0 bridgehead atoms. The van der Waals surface area contributed by atoms with E-state index >= 15 is 0 Å². The van der Waals surface area contributed by atoms with Crippen LogP contribution < -0.4 is 9.64 Å². The number of rotatable bonds is 7. The van der Waals surface area contributed by atoms with Gasteiger partial charge in [0.2, 0.25) is 0 Å². The predicted molar refractivity (Wildman–Crippen MR) is 270 cm³/mol. The summed E-state index contributed by atoms with van der Waals surface area (Å²) in [4.78, 5) is 2.53. The molecule has 2 aliphatic rings. The van der Waals surface area contributed by atoms with Gasteiger partial charge in [-0.3, -0.25) is 0 Å². The van der Waals surface area contributed by atoms with Crippen LogP contribution >= 0.6 is 11.3 Å². The third-order valence-corrected chi connectivity index (χ3v) is 14.3. The first-order valence-corrected chi connectivity index (χ1v) is 22.8. The van der Waals surface area contributed by atoms with Crippen molar-refractivity contribution in [1.82, 2.24) is 4.57 Å². The summed E-state index contributed by atoms with van der Waals surface area (Å²) >= 11 is 1.86. The molecule has 3 nitrogen and oxygen atoms in total. The molecule has 3 heterocycles. The number of benzene rings is 9. The van der Waals surface area contributed by atoms with Crippen molar-refractivity contribution in [1.29, 1.82) is 0 Å². The standard InChI is InChI=1S/C60H40N2OS/c1-4-13-39(14-5-1)42-19-12-20-45(33-42)61-55-28-23-43(40-15-6-2-7-16-40)34-50(55)52-37-47(26-30-57(52)61)63-48-27-31-58-53(38-48)51-35-44(41-17-8-3-9-18-41)24-29-56(51)62(58)46-25-32-60-54(36-46)49-21-10-11-22-59(49)64-60/h1-38,51,56H. The van der Waals surface area contributed by atoms with Crippen molar-refractivity contribution in [2.45, 2.75) is 12.0 Å². The molecule has 302 valence electrons. The molecule has 0 spiro atoms. The third kappa shape index (κ3) is 6.10. The van der Waals surface area contributed by atoms with Crippen LogP contribution in [0, 0.1) is 0 Å². The van der Waals surface area contributed by atoms with Crippen LogP contribution in [0.5, 0.6) is 11.5 Å². The summed E-state index contributed by atoms with van der Waals surface area (Å²) in [6, 6.07) is 76.8. The van der Waals surface area contributed by atoms with Crippen molar-refractivity contribution < 1.29 is 4.74 Å². The van der Waals surface area contributed by atoms with Crippen LogP contribution in [0.1, 0.15) is 17.0 Å². The van der Waals surface area contributed by atoms with Gasteiger partial charge >= 0.3 is 0 Å². The molecule has 13 rings (SSSR count). The summed E-state index contributed by atoms with van der Waals surface area (Å²) in [6.07, 6.45) is 7.16. The van der Waals surface area contributed by atoms with Crippen molar-refractivity contribution in [3.8, 4) is 39.4 Å². The first-order valence-electron chi connectivity index (χ1n) is 22.0. The van der Waals surface area contributed by atoms with E-state index < -0.39 is 0 Å². The highest BCUT2D eigenvalue weighted by Gasteiger charge is 2.39. The number of hydrogen-bond acceptors (Lipinski definition) is 3. The Morgan fingerprint density at radius 3 is 1.86 bits per heavy atom. The van der Waals surface area contributed by atoms with Gasteiger partial charge in [0.05, 0.1) is 17.1 Å². The molecule has 0 saturated carbocycles. The second-order valence-electron chi connectivity index (χ2n) is 16.9. The fourth-order valence-corrected chi connectivity index (χ4v) is 11.3. The van der Waals surface area contributed by atoms with Crippen LogP contribution in [0.2, 0.25) is 0 Å². The highest BCUT2D eigenvalue weighted by Crippen LogP contribution is 2.51. The van der Waals surface area contributed by atoms with Crippen molar-refractivity contribution in [2.24, 2.45) is 0 Å². The van der Waals surface area contributed by atoms with Crippen LogP contribution in [0.3, 0.4) is 0 Å². The van der Waals surface area contributed by atoms with Crippen LogP contribution in [0.4, 0.5) is 11.4 Å². The van der Waals surface area contributed by atoms with Crippen LogP contribution in [0.25, 0.3) is 75.5 Å². The largest absolute Gasteiger partial charge is 0.457 e. The van der Waals surface area contributed by atoms with E-state index in [-0.39, 0.29) is 12.0 Å². The highest BCUT2D eigenvalue weighted by molar-refractivity contribution is 7.25. The maximum atomic E-state index is 6.93. The minimum atomic E-state index is 0.127. The van der Waals surface area contributed by atoms with Gasteiger partial charge in [0.15, 0.2) is 0 Å². The van der Waals surface area contributed by atoms with Gasteiger partial charge in [-0.2, -0.15) is 0 Å². The van der Waals surface area contributed by atoms with Crippen molar-refractivity contribution in [3.05, 3.63) is 242 Å². The Morgan fingerprint density at radius 2 is 1.06 bits per heavy atom. The van der Waals surface area contributed by atoms with Crippen molar-refractivity contribution in [3.63, 3.8) is 0 Å². The molecule has 0 amide bonds. The smallest absolute Gasteiger partial charge is 0.128 e. The van der Waals surface area contributed by atoms with E-state index in [1.165, 1.54) is 75.9 Å². The van der Waals surface area contributed by atoms with Gasteiger partial charge in [-0.1, -0.05) is 146 Å². The lowest BCUT2D eigenvalue weighted by Crippen LogP contribution is -2.28. The molecule has 11 aromatic rings. The Morgan fingerprint density at radius 1 is 0.422 bits per heavy atom. The Kier molecular flexibility index (Phi) is 8.53. The molecule has 64 heavy (non-hydrogen) atoms. The summed E-state index contributed by atoms with van der Waals surface area (Å²) in [5, 5.41) is 4.95. The lowest BCUT2D eigenvalue weighted by Gasteiger charge is -2.30. The number of aromatic nitrogens is 1. The number of hydrogen-bond donors (Lipinski definition) is 0. The molecule has 2 unspecified atom stereocenters. The van der Waals surface area contributed by atoms with E-state index in [4.69, 9.17) is 4.74 Å². The second kappa shape index (κ2) is 14.9. The van der Waals surface area contributed by atoms with Crippen LogP contribution in [-0.4, -0.2) is 10.6 Å². The molecule has 0 fully saturated rings. The van der Waals surface area contributed by atoms with Gasteiger partial charge in [-0.25, -0.2) is 0 Å². The number of fused-ring (bicyclic) bond motifs is 9. The molecule has 4 heteroatoms. The normalized spacial score (nSPS) is 15.5. The molecule has 2 aromatic heterocycles. The molecule has 0 saturated heterocycles. The number of nitrogens with zero attached hydrogens (tertiary/aromatic N) is 2. The molecule has 0 N–H and O–H groups in total. The molecular formula is C60H40N2OS. The summed E-state index contributed by atoms with van der Waals surface area (Å²) in [6.45, 7) is 0. The van der Waals surface area contributed by atoms with Gasteiger partial charge in [0.1, 0.15) is 11.5 Å². The summed E-state index contributed by atoms with van der Waals surface area (Å²) in [5.74, 6) is 1.77. The van der Waals surface area contributed by atoms with E-state index in [9.17, 15) is 0 Å². The van der Waals surface area contributed by atoms with Gasteiger partial charge in [0.25, 0.3) is 0 Å². The molecule has 2 atom stereocenters. The lowest BCUT2D eigenvalue weighted by molar-refractivity contribution is 0.483. The first-order chi connectivity index (χ1) is 31.7. The highest BCUT2D eigenvalue weighted by atomic mass is 32.1. The second-order valence-corrected chi connectivity index (χ2v) is 17.9. The van der Waals surface area contributed by atoms with Gasteiger partial charge < -0.3 is 14.2 Å². The van der Waals surface area contributed by atoms with E-state index in [0.717, 1.165) is 33.6 Å². The SMILES string of the molecule is C1=CC2C(C=C1c1ccccc1)c1cc(Oc3ccc4c(c3)c3cc(-c5ccccc5)ccc3n4-c3cccc(-c4ccccc4)c3)ccc1N2c1ccc2sc3ccccc3c2c1. The summed E-state index contributed by atoms with van der Waals surface area (Å²) in [5.41, 5.74) is 14.3. The zero-order chi connectivity index (χ0) is 42.1. The van der Waals surface area contributed by atoms with Gasteiger partial charge in [-0.15, -0.1) is 11.3 Å². The minimum absolute atomic E-state index is 0.127. The average Bonchev–Trinajstić information content (AvgIpc) is 4.01. The maximum absolute atomic E-state index is 6.93. The zero-order valence-corrected chi connectivity index (χ0v) is 35.6. The fourth-order valence-electron chi connectivity index (χ4n) is 10.2.